The molecule has 3 nitrogen and oxygen atoms in total. The van der Waals surface area contributed by atoms with Gasteiger partial charge in [0.25, 0.3) is 0 Å². The average Bonchev–Trinajstić information content (AvgIpc) is 1.69. The first-order valence-corrected chi connectivity index (χ1v) is 1.64. The van der Waals surface area contributed by atoms with Gasteiger partial charge in [0.15, 0.2) is 0 Å². The summed E-state index contributed by atoms with van der Waals surface area (Å²) in [5.74, 6) is 0. The molecule has 0 aromatic carbocycles. The van der Waals surface area contributed by atoms with Crippen LogP contribution in [0.4, 0.5) is 0 Å². The van der Waals surface area contributed by atoms with Crippen molar-refractivity contribution in [1.82, 2.24) is 0 Å². The molecule has 0 heterocycles. The minimum Gasteiger partial charge on any atom is -0.411 e. The summed E-state index contributed by atoms with van der Waals surface area (Å²) in [7, 11) is 0. The fourth-order valence-corrected chi connectivity index (χ4v) is 0.125. The third-order valence-electron chi connectivity index (χ3n) is 0.323. The van der Waals surface area contributed by atoms with E-state index in [9.17, 15) is 0 Å². The zero-order valence-corrected chi connectivity index (χ0v) is 3.57. The zero-order valence-electron chi connectivity index (χ0n) is 3.57. The molecule has 0 fully saturated rings. The summed E-state index contributed by atoms with van der Waals surface area (Å²) in [5, 5.41) is 18.1. The molecule has 0 bridgehead atoms. The quantitative estimate of drug-likeness (QED) is 0.224. The van der Waals surface area contributed by atoms with Crippen molar-refractivity contribution in [1.29, 1.82) is 5.26 Å². The highest BCUT2D eigenvalue weighted by atomic mass is 16.4. The molecule has 0 aromatic heterocycles. The van der Waals surface area contributed by atoms with Crippen molar-refractivity contribution in [3.05, 3.63) is 12.2 Å². The van der Waals surface area contributed by atoms with E-state index in [1.165, 1.54) is 12.2 Å². The zero-order chi connectivity index (χ0) is 5.54. The molecule has 0 rings (SSSR count). The lowest BCUT2D eigenvalue weighted by Crippen LogP contribution is -1.58. The van der Waals surface area contributed by atoms with Gasteiger partial charge in [-0.15, -0.1) is 0 Å². The van der Waals surface area contributed by atoms with Gasteiger partial charge in [0, 0.05) is 6.08 Å². The van der Waals surface area contributed by atoms with Crippen LogP contribution >= 0.6 is 0 Å². The SMILES string of the molecule is N#CC=CC=NO. The lowest BCUT2D eigenvalue weighted by Gasteiger charge is -1.61. The van der Waals surface area contributed by atoms with Crippen molar-refractivity contribution in [3.63, 3.8) is 0 Å². The number of hydrogen-bond acceptors (Lipinski definition) is 3. The molecule has 0 spiro atoms. The molecule has 36 valence electrons. The molecule has 0 aromatic rings. The molecule has 0 atom stereocenters. The molecule has 3 heteroatoms. The van der Waals surface area contributed by atoms with Gasteiger partial charge >= 0.3 is 0 Å². The van der Waals surface area contributed by atoms with Gasteiger partial charge in [0.05, 0.1) is 12.3 Å². The highest BCUT2D eigenvalue weighted by Crippen LogP contribution is 1.60. The maximum atomic E-state index is 7.81. The van der Waals surface area contributed by atoms with Gasteiger partial charge in [-0.2, -0.15) is 5.26 Å². The van der Waals surface area contributed by atoms with Crippen LogP contribution < -0.4 is 0 Å². The lowest BCUT2D eigenvalue weighted by atomic mass is 10.6. The minimum atomic E-state index is 1.11. The summed E-state index contributed by atoms with van der Waals surface area (Å²) in [6, 6.07) is 1.72. The Balaban J connectivity index is 3.33. The molecular formula is C4H4N2O. The number of hydrogen-bond donors (Lipinski definition) is 1. The Bertz CT molecular complexity index is 120. The van der Waals surface area contributed by atoms with Gasteiger partial charge in [0.2, 0.25) is 0 Å². The van der Waals surface area contributed by atoms with E-state index in [0.717, 1.165) is 6.21 Å². The first kappa shape index (κ1) is 5.70. The van der Waals surface area contributed by atoms with Gasteiger partial charge in [-0.3, -0.25) is 0 Å². The second-order valence-electron chi connectivity index (χ2n) is 0.753. The second kappa shape index (κ2) is 4.70. The number of nitrogens with zero attached hydrogens (tertiary/aromatic N) is 2. The minimum absolute atomic E-state index is 1.11. The van der Waals surface area contributed by atoms with Crippen LogP contribution in [0.1, 0.15) is 0 Å². The number of allylic oxidation sites excluding steroid dienone is 2. The number of oxime groups is 1. The lowest BCUT2D eigenvalue weighted by molar-refractivity contribution is 0.322. The maximum Gasteiger partial charge on any atom is 0.0912 e. The van der Waals surface area contributed by atoms with Gasteiger partial charge in [-0.1, -0.05) is 5.16 Å². The highest BCUT2D eigenvalue weighted by molar-refractivity contribution is 5.70. The Morgan fingerprint density at radius 2 is 2.43 bits per heavy atom. The van der Waals surface area contributed by atoms with E-state index >= 15 is 0 Å². The average molecular weight is 96.1 g/mol. The molecule has 0 aliphatic carbocycles. The van der Waals surface area contributed by atoms with Crippen molar-refractivity contribution in [2.24, 2.45) is 5.16 Å². The molecule has 0 saturated heterocycles. The van der Waals surface area contributed by atoms with Gasteiger partial charge in [-0.05, 0) is 6.08 Å². The molecule has 0 amide bonds. The van der Waals surface area contributed by atoms with Crippen LogP contribution in [-0.4, -0.2) is 11.4 Å². The Morgan fingerprint density at radius 1 is 1.71 bits per heavy atom. The Hall–Kier alpha value is -1.30. The van der Waals surface area contributed by atoms with Gasteiger partial charge in [-0.25, -0.2) is 0 Å². The normalized spacial score (nSPS) is 10.1. The van der Waals surface area contributed by atoms with Gasteiger partial charge < -0.3 is 5.21 Å². The van der Waals surface area contributed by atoms with Crippen LogP contribution in [0.15, 0.2) is 17.3 Å². The third kappa shape index (κ3) is 4.70. The number of rotatable bonds is 1. The predicted molar refractivity (Wildman–Crippen MR) is 25.0 cm³/mol. The summed E-state index contributed by atoms with van der Waals surface area (Å²) >= 11 is 0. The van der Waals surface area contributed by atoms with Crippen molar-refractivity contribution in [2.75, 3.05) is 0 Å². The van der Waals surface area contributed by atoms with Crippen molar-refractivity contribution < 1.29 is 5.21 Å². The van der Waals surface area contributed by atoms with Crippen LogP contribution in [0.5, 0.6) is 0 Å². The second-order valence-corrected chi connectivity index (χ2v) is 0.753. The summed E-state index contributed by atoms with van der Waals surface area (Å²) in [4.78, 5) is 0. The molecule has 1 N–H and O–H groups in total. The molecular weight excluding hydrogens is 92.1 g/mol. The van der Waals surface area contributed by atoms with Crippen LogP contribution in [-0.2, 0) is 0 Å². The number of nitriles is 1. The molecule has 0 aliphatic heterocycles. The van der Waals surface area contributed by atoms with Crippen LogP contribution in [0.3, 0.4) is 0 Å². The summed E-state index contributed by atoms with van der Waals surface area (Å²) in [6.45, 7) is 0. The Kier molecular flexibility index (Phi) is 3.83. The highest BCUT2D eigenvalue weighted by Gasteiger charge is 1.57. The van der Waals surface area contributed by atoms with E-state index in [4.69, 9.17) is 10.5 Å². The largest absolute Gasteiger partial charge is 0.411 e. The molecule has 0 unspecified atom stereocenters. The van der Waals surface area contributed by atoms with Crippen LogP contribution in [0, 0.1) is 11.3 Å². The standard InChI is InChI=1S/C4H4N2O/c5-3-1-2-4-6-7/h1-2,4,7H. The fourth-order valence-electron chi connectivity index (χ4n) is 0.125. The third-order valence-corrected chi connectivity index (χ3v) is 0.323. The summed E-state index contributed by atoms with van der Waals surface area (Å²) < 4.78 is 0. The van der Waals surface area contributed by atoms with E-state index in [-0.39, 0.29) is 0 Å². The van der Waals surface area contributed by atoms with Crippen LogP contribution in [0.2, 0.25) is 0 Å². The summed E-state index contributed by atoms with van der Waals surface area (Å²) in [5.41, 5.74) is 0. The van der Waals surface area contributed by atoms with Crippen molar-refractivity contribution in [3.8, 4) is 6.07 Å². The van der Waals surface area contributed by atoms with E-state index in [2.05, 4.69) is 5.16 Å². The predicted octanol–water partition coefficient (Wildman–Crippen LogP) is 0.526. The Labute approximate surface area is 41.2 Å². The molecule has 0 aliphatic rings. The van der Waals surface area contributed by atoms with E-state index in [1.807, 2.05) is 0 Å². The first-order chi connectivity index (χ1) is 3.41. The Morgan fingerprint density at radius 3 is 2.86 bits per heavy atom. The first-order valence-electron chi connectivity index (χ1n) is 1.64. The van der Waals surface area contributed by atoms with Crippen molar-refractivity contribution in [2.45, 2.75) is 0 Å². The smallest absolute Gasteiger partial charge is 0.0912 e. The maximum absolute atomic E-state index is 7.81. The van der Waals surface area contributed by atoms with Gasteiger partial charge in [0.1, 0.15) is 0 Å². The molecule has 0 radical (unpaired) electrons. The molecule has 0 saturated carbocycles. The van der Waals surface area contributed by atoms with Crippen molar-refractivity contribution >= 4 is 6.21 Å². The monoisotopic (exact) mass is 96.0 g/mol. The topological polar surface area (TPSA) is 56.4 Å². The summed E-state index contributed by atoms with van der Waals surface area (Å²) in [6.07, 6.45) is 3.66. The molecule has 7 heavy (non-hydrogen) atoms. The van der Waals surface area contributed by atoms with E-state index < -0.39 is 0 Å². The fraction of sp³-hybridized carbons (Fsp3) is 0. The van der Waals surface area contributed by atoms with Crippen LogP contribution in [0.25, 0.3) is 0 Å². The van der Waals surface area contributed by atoms with E-state index in [0.29, 0.717) is 0 Å². The van der Waals surface area contributed by atoms with E-state index in [1.54, 1.807) is 6.07 Å².